The van der Waals surface area contributed by atoms with Gasteiger partial charge in [-0.2, -0.15) is 4.98 Å². The minimum absolute atomic E-state index is 0.159. The van der Waals surface area contributed by atoms with E-state index in [1.165, 1.54) is 12.8 Å². The van der Waals surface area contributed by atoms with Crippen molar-refractivity contribution in [3.8, 4) is 11.8 Å². The number of nitrogens with zero attached hydrogens (tertiary/aromatic N) is 1. The molecule has 2 N–H and O–H groups in total. The Kier molecular flexibility index (Phi) is 7.53. The summed E-state index contributed by atoms with van der Waals surface area (Å²) in [6.07, 6.45) is 4.39. The average molecular weight is 420 g/mol. The minimum atomic E-state index is -1.01. The van der Waals surface area contributed by atoms with Crippen LogP contribution in [0.1, 0.15) is 63.9 Å². The fraction of sp³-hybridized carbons (Fsp3) is 0.682. The molecule has 1 saturated heterocycles. The van der Waals surface area contributed by atoms with E-state index in [-0.39, 0.29) is 11.8 Å². The lowest BCUT2D eigenvalue weighted by atomic mass is 9.92. The number of pyridine rings is 1. The van der Waals surface area contributed by atoms with Gasteiger partial charge in [-0.25, -0.2) is 4.79 Å². The van der Waals surface area contributed by atoms with Gasteiger partial charge in [0, 0.05) is 31.9 Å². The molecule has 30 heavy (non-hydrogen) atoms. The highest BCUT2D eigenvalue weighted by Gasteiger charge is 2.36. The summed E-state index contributed by atoms with van der Waals surface area (Å²) < 4.78 is 16.9. The van der Waals surface area contributed by atoms with Gasteiger partial charge in [0.1, 0.15) is 5.54 Å². The molecule has 8 heteroatoms. The maximum absolute atomic E-state index is 12.5. The summed E-state index contributed by atoms with van der Waals surface area (Å²) >= 11 is 0. The fourth-order valence-electron chi connectivity index (χ4n) is 3.77. The zero-order valence-electron chi connectivity index (χ0n) is 18.2. The van der Waals surface area contributed by atoms with Crippen molar-refractivity contribution in [3.05, 3.63) is 17.7 Å². The van der Waals surface area contributed by atoms with Crippen LogP contribution in [-0.2, 0) is 9.53 Å². The molecule has 0 spiro atoms. The summed E-state index contributed by atoms with van der Waals surface area (Å²) in [4.78, 5) is 29.3. The number of rotatable bonds is 9. The van der Waals surface area contributed by atoms with E-state index in [1.54, 1.807) is 13.1 Å². The summed E-state index contributed by atoms with van der Waals surface area (Å²) in [5, 5.41) is 5.32. The number of carbonyl (C=O) groups is 2. The van der Waals surface area contributed by atoms with Crippen LogP contribution in [0.2, 0.25) is 0 Å². The second-order valence-electron chi connectivity index (χ2n) is 8.07. The Bertz CT molecular complexity index is 740. The quantitative estimate of drug-likeness (QED) is 0.638. The Morgan fingerprint density at radius 3 is 2.47 bits per heavy atom. The highest BCUT2D eigenvalue weighted by atomic mass is 16.6. The van der Waals surface area contributed by atoms with E-state index >= 15 is 0 Å². The summed E-state index contributed by atoms with van der Waals surface area (Å²) in [5.74, 6) is 1.35. The first-order valence-electron chi connectivity index (χ1n) is 10.9. The van der Waals surface area contributed by atoms with Crippen molar-refractivity contribution >= 4 is 12.0 Å². The van der Waals surface area contributed by atoms with Crippen LogP contribution in [-0.4, -0.2) is 49.4 Å². The first-order valence-corrected chi connectivity index (χ1v) is 10.9. The molecule has 2 fully saturated rings. The van der Waals surface area contributed by atoms with Gasteiger partial charge in [0.05, 0.1) is 6.61 Å². The summed E-state index contributed by atoms with van der Waals surface area (Å²) in [5.41, 5.74) is 0.0210. The van der Waals surface area contributed by atoms with Crippen molar-refractivity contribution in [1.82, 2.24) is 15.6 Å². The van der Waals surface area contributed by atoms with Crippen molar-refractivity contribution in [2.75, 3.05) is 26.9 Å². The van der Waals surface area contributed by atoms with Gasteiger partial charge in [-0.1, -0.05) is 13.8 Å². The normalized spacial score (nSPS) is 17.3. The molecule has 1 aliphatic carbocycles. The Morgan fingerprint density at radius 1 is 1.17 bits per heavy atom. The number of carbonyl (C=O) groups excluding carboxylic acids is 2. The van der Waals surface area contributed by atoms with Crippen molar-refractivity contribution in [2.45, 2.75) is 63.8 Å². The van der Waals surface area contributed by atoms with Gasteiger partial charge < -0.3 is 24.8 Å². The highest BCUT2D eigenvalue weighted by Crippen LogP contribution is 2.36. The van der Waals surface area contributed by atoms with Gasteiger partial charge in [-0.05, 0) is 56.4 Å². The molecule has 1 aromatic rings. The molecule has 1 aliphatic heterocycles. The van der Waals surface area contributed by atoms with Crippen molar-refractivity contribution in [3.63, 3.8) is 0 Å². The lowest BCUT2D eigenvalue weighted by Crippen LogP contribution is -2.58. The molecule has 1 aromatic heterocycles. The monoisotopic (exact) mass is 419 g/mol. The van der Waals surface area contributed by atoms with E-state index in [4.69, 9.17) is 14.2 Å². The second kappa shape index (κ2) is 10.1. The Labute approximate surface area is 178 Å². The van der Waals surface area contributed by atoms with Crippen molar-refractivity contribution < 1.29 is 23.8 Å². The zero-order valence-corrected chi connectivity index (χ0v) is 18.2. The van der Waals surface area contributed by atoms with Crippen molar-refractivity contribution in [2.24, 2.45) is 5.92 Å². The summed E-state index contributed by atoms with van der Waals surface area (Å²) in [6, 6.07) is 3.62. The van der Waals surface area contributed by atoms with Crippen LogP contribution >= 0.6 is 0 Å². The third-order valence-electron chi connectivity index (χ3n) is 6.09. The third kappa shape index (κ3) is 5.41. The largest absolute Gasteiger partial charge is 0.477 e. The number of hydrogen-bond acceptors (Lipinski definition) is 6. The van der Waals surface area contributed by atoms with Crippen molar-refractivity contribution in [1.29, 1.82) is 0 Å². The molecule has 1 saturated carbocycles. The zero-order chi connectivity index (χ0) is 21.6. The van der Waals surface area contributed by atoms with E-state index in [0.29, 0.717) is 37.2 Å². The molecular weight excluding hydrogens is 386 g/mol. The van der Waals surface area contributed by atoms with Crippen LogP contribution < -0.4 is 20.1 Å². The van der Waals surface area contributed by atoms with Gasteiger partial charge in [-0.15, -0.1) is 0 Å². The molecule has 0 unspecified atom stereocenters. The van der Waals surface area contributed by atoms with E-state index in [9.17, 15) is 9.59 Å². The van der Waals surface area contributed by atoms with Gasteiger partial charge >= 0.3 is 6.09 Å². The molecule has 2 heterocycles. The second-order valence-corrected chi connectivity index (χ2v) is 8.07. The predicted octanol–water partition coefficient (Wildman–Crippen LogP) is 3.16. The smallest absolute Gasteiger partial charge is 0.414 e. The molecule has 0 aromatic carbocycles. The van der Waals surface area contributed by atoms with Gasteiger partial charge in [0.2, 0.25) is 17.7 Å². The van der Waals surface area contributed by atoms with Crippen LogP contribution in [0.4, 0.5) is 4.79 Å². The number of amides is 2. The van der Waals surface area contributed by atoms with E-state index in [1.807, 2.05) is 19.9 Å². The third-order valence-corrected chi connectivity index (χ3v) is 6.09. The number of likely N-dealkylation sites (N-methyl/N-ethyl adjacent to an activating group) is 1. The SMILES string of the molecule is CCC(CC)(NC(=O)Oc1ccc(C2CCOCC2)c(OCC2CC2)n1)C(=O)NC. The van der Waals surface area contributed by atoms with E-state index in [2.05, 4.69) is 15.6 Å². The van der Waals surface area contributed by atoms with Gasteiger partial charge in [-0.3, -0.25) is 4.79 Å². The Hall–Kier alpha value is -2.35. The standard InChI is InChI=1S/C22H33N3O5/c1-4-22(5-2,20(26)23-3)25-21(27)30-18-9-8-17(16-10-12-28-13-11-16)19(24-18)29-14-15-6-7-15/h8-9,15-16H,4-7,10-14H2,1-3H3,(H,23,26)(H,25,27). The lowest BCUT2D eigenvalue weighted by Gasteiger charge is -2.30. The average Bonchev–Trinajstić information content (AvgIpc) is 3.61. The number of nitrogens with one attached hydrogen (secondary N) is 2. The molecule has 2 aliphatic rings. The number of aromatic nitrogens is 1. The molecule has 0 atom stereocenters. The molecule has 3 rings (SSSR count). The van der Waals surface area contributed by atoms with Crippen LogP contribution in [0.15, 0.2) is 12.1 Å². The molecule has 8 nitrogen and oxygen atoms in total. The van der Waals surface area contributed by atoms with Gasteiger partial charge in [0.25, 0.3) is 0 Å². The first kappa shape index (κ1) is 22.3. The Morgan fingerprint density at radius 2 is 1.87 bits per heavy atom. The Balaban J connectivity index is 1.73. The van der Waals surface area contributed by atoms with Crippen LogP contribution in [0.3, 0.4) is 0 Å². The molecule has 166 valence electrons. The first-order chi connectivity index (χ1) is 14.5. The molecule has 2 amide bonds. The summed E-state index contributed by atoms with van der Waals surface area (Å²) in [7, 11) is 1.55. The lowest BCUT2D eigenvalue weighted by molar-refractivity contribution is -0.127. The van der Waals surface area contributed by atoms with Crippen LogP contribution in [0.25, 0.3) is 0 Å². The predicted molar refractivity (Wildman–Crippen MR) is 112 cm³/mol. The van der Waals surface area contributed by atoms with E-state index in [0.717, 1.165) is 31.6 Å². The number of hydrogen-bond donors (Lipinski definition) is 2. The molecule has 0 radical (unpaired) electrons. The van der Waals surface area contributed by atoms with Crippen LogP contribution in [0, 0.1) is 5.92 Å². The van der Waals surface area contributed by atoms with Crippen LogP contribution in [0.5, 0.6) is 11.8 Å². The minimum Gasteiger partial charge on any atom is -0.477 e. The maximum Gasteiger partial charge on any atom is 0.414 e. The molecule has 0 bridgehead atoms. The fourth-order valence-corrected chi connectivity index (χ4v) is 3.77. The topological polar surface area (TPSA) is 98.8 Å². The van der Waals surface area contributed by atoms with E-state index < -0.39 is 11.6 Å². The number of ether oxygens (including phenoxy) is 3. The maximum atomic E-state index is 12.5. The van der Waals surface area contributed by atoms with Gasteiger partial charge in [0.15, 0.2) is 0 Å². The summed E-state index contributed by atoms with van der Waals surface area (Å²) in [6.45, 7) is 5.78. The molecular formula is C22H33N3O5. The highest BCUT2D eigenvalue weighted by molar-refractivity contribution is 5.90.